The van der Waals surface area contributed by atoms with Gasteiger partial charge in [0.1, 0.15) is 5.76 Å². The Kier molecular flexibility index (Phi) is 4.73. The van der Waals surface area contributed by atoms with Crippen molar-refractivity contribution in [3.63, 3.8) is 0 Å². The normalized spacial score (nSPS) is 23.2. The highest BCUT2D eigenvalue weighted by atomic mass is 16.5. The van der Waals surface area contributed by atoms with Crippen molar-refractivity contribution in [1.29, 1.82) is 0 Å². The van der Waals surface area contributed by atoms with Gasteiger partial charge in [-0.25, -0.2) is 0 Å². The molecule has 2 fully saturated rings. The number of amides is 1. The summed E-state index contributed by atoms with van der Waals surface area (Å²) >= 11 is 0. The molecule has 2 aliphatic rings. The number of nitrogens with zero attached hydrogens (tertiary/aromatic N) is 4. The molecule has 128 valence electrons. The van der Waals surface area contributed by atoms with Crippen molar-refractivity contribution in [1.82, 2.24) is 19.9 Å². The van der Waals surface area contributed by atoms with Gasteiger partial charge in [0.25, 0.3) is 0 Å². The van der Waals surface area contributed by atoms with Gasteiger partial charge >= 0.3 is 0 Å². The second-order valence-electron chi connectivity index (χ2n) is 7.23. The van der Waals surface area contributed by atoms with E-state index in [2.05, 4.69) is 29.1 Å². The summed E-state index contributed by atoms with van der Waals surface area (Å²) in [7, 11) is 4.40. The van der Waals surface area contributed by atoms with Crippen LogP contribution in [0.2, 0.25) is 0 Å². The summed E-state index contributed by atoms with van der Waals surface area (Å²) in [6.07, 6.45) is 3.62. The van der Waals surface area contributed by atoms with E-state index in [1.807, 2.05) is 17.9 Å². The van der Waals surface area contributed by atoms with Crippen LogP contribution in [0.5, 0.6) is 0 Å². The number of carbonyl (C=O) groups excluding carboxylic acids is 1. The second-order valence-corrected chi connectivity index (χ2v) is 7.23. The zero-order valence-corrected chi connectivity index (χ0v) is 14.5. The van der Waals surface area contributed by atoms with Crippen LogP contribution in [0.4, 0.5) is 0 Å². The van der Waals surface area contributed by atoms with E-state index in [4.69, 9.17) is 4.52 Å². The topological polar surface area (TPSA) is 52.8 Å². The first kappa shape index (κ1) is 16.5. The van der Waals surface area contributed by atoms with E-state index >= 15 is 0 Å². The lowest BCUT2D eigenvalue weighted by atomic mass is 9.85. The number of piperidine rings is 1. The van der Waals surface area contributed by atoms with Gasteiger partial charge in [0, 0.05) is 31.2 Å². The van der Waals surface area contributed by atoms with E-state index in [1.54, 1.807) is 0 Å². The molecular formula is C17H28N4O2. The summed E-state index contributed by atoms with van der Waals surface area (Å²) in [4.78, 5) is 19.7. The van der Waals surface area contributed by atoms with Gasteiger partial charge in [0.15, 0.2) is 0 Å². The number of carbonyl (C=O) groups is 1. The third-order valence-corrected chi connectivity index (χ3v) is 5.49. The molecule has 3 heterocycles. The summed E-state index contributed by atoms with van der Waals surface area (Å²) in [5.74, 6) is 0.831. The molecule has 2 saturated heterocycles. The molecular weight excluding hydrogens is 292 g/mol. The minimum absolute atomic E-state index is 0.135. The van der Waals surface area contributed by atoms with Crippen molar-refractivity contribution in [3.05, 3.63) is 17.5 Å². The quantitative estimate of drug-likeness (QED) is 0.818. The fourth-order valence-corrected chi connectivity index (χ4v) is 3.84. The second kappa shape index (κ2) is 6.61. The van der Waals surface area contributed by atoms with Crippen molar-refractivity contribution in [2.75, 3.05) is 46.8 Å². The maximum atomic E-state index is 12.7. The van der Waals surface area contributed by atoms with Gasteiger partial charge in [-0.05, 0) is 53.4 Å². The molecule has 0 aromatic carbocycles. The van der Waals surface area contributed by atoms with Crippen molar-refractivity contribution in [2.45, 2.75) is 38.1 Å². The molecule has 0 radical (unpaired) electrons. The molecule has 0 bridgehead atoms. The number of likely N-dealkylation sites (N-methyl/N-ethyl adjacent to an activating group) is 1. The van der Waals surface area contributed by atoms with Crippen LogP contribution >= 0.6 is 0 Å². The number of hydrogen-bond acceptors (Lipinski definition) is 5. The third kappa shape index (κ3) is 3.58. The third-order valence-electron chi connectivity index (χ3n) is 5.49. The van der Waals surface area contributed by atoms with Crippen LogP contribution in [0.1, 0.15) is 30.7 Å². The molecule has 6 heteroatoms. The highest BCUT2D eigenvalue weighted by molar-refractivity contribution is 5.78. The number of hydrogen-bond donors (Lipinski definition) is 0. The summed E-state index contributed by atoms with van der Waals surface area (Å²) in [6, 6.07) is 1.85. The fourth-order valence-electron chi connectivity index (χ4n) is 3.84. The molecule has 1 aromatic rings. The maximum absolute atomic E-state index is 12.7. The smallest absolute Gasteiger partial charge is 0.230 e. The summed E-state index contributed by atoms with van der Waals surface area (Å²) in [5.41, 5.74) is 0.964. The van der Waals surface area contributed by atoms with Gasteiger partial charge in [0.2, 0.25) is 5.91 Å². The fraction of sp³-hybridized carbons (Fsp3) is 0.765. The molecule has 0 unspecified atom stereocenters. The van der Waals surface area contributed by atoms with Crippen molar-refractivity contribution < 1.29 is 9.32 Å². The van der Waals surface area contributed by atoms with Gasteiger partial charge in [-0.15, -0.1) is 0 Å². The first-order valence-electron chi connectivity index (χ1n) is 8.58. The predicted molar refractivity (Wildman–Crippen MR) is 88.2 cm³/mol. The Morgan fingerprint density at radius 1 is 1.26 bits per heavy atom. The maximum Gasteiger partial charge on any atom is 0.230 e. The van der Waals surface area contributed by atoms with E-state index in [1.165, 1.54) is 0 Å². The van der Waals surface area contributed by atoms with E-state index in [9.17, 15) is 4.79 Å². The molecule has 0 N–H and O–H groups in total. The lowest BCUT2D eigenvalue weighted by Crippen LogP contribution is -2.58. The zero-order valence-electron chi connectivity index (χ0n) is 14.5. The largest absolute Gasteiger partial charge is 0.361 e. The number of aryl methyl sites for hydroxylation is 1. The molecule has 3 rings (SSSR count). The number of likely N-dealkylation sites (tertiary alicyclic amines) is 1. The van der Waals surface area contributed by atoms with Crippen LogP contribution in [-0.4, -0.2) is 78.1 Å². The minimum atomic E-state index is 0.135. The molecule has 1 aromatic heterocycles. The Balaban J connectivity index is 1.70. The van der Waals surface area contributed by atoms with Crippen LogP contribution in [-0.2, 0) is 11.2 Å². The van der Waals surface area contributed by atoms with Gasteiger partial charge in [-0.3, -0.25) is 9.69 Å². The van der Waals surface area contributed by atoms with Gasteiger partial charge < -0.3 is 14.3 Å². The lowest BCUT2D eigenvalue weighted by Gasteiger charge is -2.47. The highest BCUT2D eigenvalue weighted by Gasteiger charge is 2.41. The molecule has 2 aliphatic heterocycles. The minimum Gasteiger partial charge on any atom is -0.361 e. The molecule has 0 aliphatic carbocycles. The van der Waals surface area contributed by atoms with Crippen molar-refractivity contribution in [2.24, 2.45) is 0 Å². The molecule has 6 nitrogen and oxygen atoms in total. The SMILES string of the molecule is Cc1cc(CC(=O)N2CCCN(C)C3(CCN(C)CC3)C2)on1. The van der Waals surface area contributed by atoms with Crippen LogP contribution in [0, 0.1) is 6.92 Å². The Labute approximate surface area is 138 Å². The van der Waals surface area contributed by atoms with E-state index < -0.39 is 0 Å². The van der Waals surface area contributed by atoms with E-state index in [-0.39, 0.29) is 11.4 Å². The molecule has 1 spiro atoms. The molecule has 1 amide bonds. The first-order valence-corrected chi connectivity index (χ1v) is 8.58. The first-order chi connectivity index (χ1) is 11.0. The average Bonchev–Trinajstić information content (AvgIpc) is 2.85. The zero-order chi connectivity index (χ0) is 16.4. The van der Waals surface area contributed by atoms with Gasteiger partial charge in [-0.1, -0.05) is 5.16 Å². The summed E-state index contributed by atoms with van der Waals surface area (Å²) in [6.45, 7) is 6.83. The predicted octanol–water partition coefficient (Wildman–Crippen LogP) is 1.15. The Bertz CT molecular complexity index is 549. The molecule has 0 saturated carbocycles. The summed E-state index contributed by atoms with van der Waals surface area (Å²) < 4.78 is 5.21. The van der Waals surface area contributed by atoms with Crippen LogP contribution in [0.3, 0.4) is 0 Å². The average molecular weight is 320 g/mol. The van der Waals surface area contributed by atoms with Gasteiger partial charge in [0.05, 0.1) is 12.1 Å². The monoisotopic (exact) mass is 320 g/mol. The Hall–Kier alpha value is -1.40. The highest BCUT2D eigenvalue weighted by Crippen LogP contribution is 2.31. The Morgan fingerprint density at radius 3 is 2.65 bits per heavy atom. The Morgan fingerprint density at radius 2 is 2.00 bits per heavy atom. The van der Waals surface area contributed by atoms with Crippen molar-refractivity contribution in [3.8, 4) is 0 Å². The standard InChI is InChI=1S/C17H28N4O2/c1-14-11-15(23-18-14)12-16(22)21-8-4-7-20(3)17(13-21)5-9-19(2)10-6-17/h11H,4-10,12-13H2,1-3H3. The van der Waals surface area contributed by atoms with Crippen LogP contribution < -0.4 is 0 Å². The molecule has 0 atom stereocenters. The van der Waals surface area contributed by atoms with Crippen LogP contribution in [0.25, 0.3) is 0 Å². The van der Waals surface area contributed by atoms with Crippen molar-refractivity contribution >= 4 is 5.91 Å². The lowest BCUT2D eigenvalue weighted by molar-refractivity contribution is -0.132. The van der Waals surface area contributed by atoms with E-state index in [0.29, 0.717) is 12.2 Å². The number of aromatic nitrogens is 1. The van der Waals surface area contributed by atoms with Crippen LogP contribution in [0.15, 0.2) is 10.6 Å². The van der Waals surface area contributed by atoms with Gasteiger partial charge in [-0.2, -0.15) is 0 Å². The molecule has 23 heavy (non-hydrogen) atoms. The van der Waals surface area contributed by atoms with E-state index in [0.717, 1.165) is 57.7 Å². The summed E-state index contributed by atoms with van der Waals surface area (Å²) in [5, 5.41) is 3.88. The number of rotatable bonds is 2.